The van der Waals surface area contributed by atoms with Crippen LogP contribution in [-0.4, -0.2) is 12.2 Å². The number of furan rings is 1. The number of hydrogen-bond donors (Lipinski definition) is 1. The molecule has 0 aliphatic rings. The molecule has 0 aliphatic heterocycles. The second kappa shape index (κ2) is 5.38. The van der Waals surface area contributed by atoms with Crippen molar-refractivity contribution < 1.29 is 14.3 Å². The van der Waals surface area contributed by atoms with Gasteiger partial charge in [-0.25, -0.2) is 0 Å². The van der Waals surface area contributed by atoms with Gasteiger partial charge < -0.3 is 14.3 Å². The van der Waals surface area contributed by atoms with E-state index in [-0.39, 0.29) is 0 Å². The van der Waals surface area contributed by atoms with E-state index in [0.29, 0.717) is 11.1 Å². The van der Waals surface area contributed by atoms with E-state index in [1.54, 1.807) is 19.4 Å². The molecule has 0 fully saturated rings. The number of aliphatic hydroxyl groups is 1. The predicted octanol–water partition coefficient (Wildman–Crippen LogP) is 3.33. The van der Waals surface area contributed by atoms with Gasteiger partial charge in [-0.1, -0.05) is 18.2 Å². The van der Waals surface area contributed by atoms with Crippen LogP contribution < -0.4 is 4.74 Å². The number of ether oxygens (including phenoxy) is 1. The highest BCUT2D eigenvalue weighted by atomic mass is 79.9. The topological polar surface area (TPSA) is 42.6 Å². The monoisotopic (exact) mass is 296 g/mol. The number of para-hydroxylation sites is 1. The van der Waals surface area contributed by atoms with E-state index < -0.39 is 6.10 Å². The molecule has 0 aliphatic carbocycles. The Morgan fingerprint density at radius 3 is 2.76 bits per heavy atom. The second-order valence-electron chi connectivity index (χ2n) is 3.68. The summed E-state index contributed by atoms with van der Waals surface area (Å²) in [6.07, 6.45) is 1.42. The molecule has 0 radical (unpaired) electrons. The molecular formula is C13H13BrO3. The first-order valence-electron chi connectivity index (χ1n) is 5.25. The highest BCUT2D eigenvalue weighted by molar-refractivity contribution is 9.10. The Bertz CT molecular complexity index is 493. The molecule has 1 unspecified atom stereocenters. The van der Waals surface area contributed by atoms with Gasteiger partial charge in [0.25, 0.3) is 0 Å². The van der Waals surface area contributed by atoms with Crippen LogP contribution in [0.15, 0.2) is 45.7 Å². The number of methoxy groups -OCH3 is 1. The van der Waals surface area contributed by atoms with E-state index in [2.05, 4.69) is 15.9 Å². The first-order valence-corrected chi connectivity index (χ1v) is 6.04. The average molecular weight is 297 g/mol. The summed E-state index contributed by atoms with van der Waals surface area (Å²) in [6.45, 7) is 0. The number of aliphatic hydroxyl groups excluding tert-OH is 1. The van der Waals surface area contributed by atoms with Crippen molar-refractivity contribution in [2.24, 2.45) is 0 Å². The minimum Gasteiger partial charge on any atom is -0.496 e. The quantitative estimate of drug-likeness (QED) is 0.941. The summed E-state index contributed by atoms with van der Waals surface area (Å²) < 4.78 is 10.9. The van der Waals surface area contributed by atoms with E-state index in [0.717, 1.165) is 16.9 Å². The molecule has 0 saturated carbocycles. The number of hydrogen-bond acceptors (Lipinski definition) is 3. The van der Waals surface area contributed by atoms with Crippen LogP contribution in [0.4, 0.5) is 0 Å². The van der Waals surface area contributed by atoms with Crippen LogP contribution in [0, 0.1) is 0 Å². The molecule has 3 nitrogen and oxygen atoms in total. The van der Waals surface area contributed by atoms with Crippen molar-refractivity contribution in [2.75, 3.05) is 7.11 Å². The molecule has 90 valence electrons. The van der Waals surface area contributed by atoms with Gasteiger partial charge >= 0.3 is 0 Å². The van der Waals surface area contributed by atoms with Gasteiger partial charge in [0.1, 0.15) is 5.75 Å². The van der Waals surface area contributed by atoms with Gasteiger partial charge in [-0.2, -0.15) is 0 Å². The van der Waals surface area contributed by atoms with Gasteiger partial charge in [0.2, 0.25) is 0 Å². The van der Waals surface area contributed by atoms with Gasteiger partial charge in [0.05, 0.1) is 19.5 Å². The average Bonchev–Trinajstić information content (AvgIpc) is 2.76. The number of benzene rings is 1. The lowest BCUT2D eigenvalue weighted by Crippen LogP contribution is -2.02. The summed E-state index contributed by atoms with van der Waals surface area (Å²) in [6, 6.07) is 9.41. The fourth-order valence-electron chi connectivity index (χ4n) is 1.73. The number of rotatable bonds is 4. The van der Waals surface area contributed by atoms with Crippen LogP contribution in [0.2, 0.25) is 0 Å². The Morgan fingerprint density at radius 2 is 2.12 bits per heavy atom. The van der Waals surface area contributed by atoms with E-state index >= 15 is 0 Å². The van der Waals surface area contributed by atoms with E-state index in [1.807, 2.05) is 24.3 Å². The molecule has 1 atom stereocenters. The summed E-state index contributed by atoms with van der Waals surface area (Å²) in [5, 5.41) is 10.1. The molecule has 2 rings (SSSR count). The molecule has 1 aromatic carbocycles. The van der Waals surface area contributed by atoms with Crippen molar-refractivity contribution in [3.05, 3.63) is 52.4 Å². The minimum absolute atomic E-state index is 0.488. The van der Waals surface area contributed by atoms with Gasteiger partial charge in [-0.3, -0.25) is 0 Å². The van der Waals surface area contributed by atoms with Crippen molar-refractivity contribution in [1.29, 1.82) is 0 Å². The Morgan fingerprint density at radius 1 is 1.35 bits per heavy atom. The van der Waals surface area contributed by atoms with Gasteiger partial charge in [0, 0.05) is 12.0 Å². The summed E-state index contributed by atoms with van der Waals surface area (Å²) in [7, 11) is 1.62. The van der Waals surface area contributed by atoms with Gasteiger partial charge in [0.15, 0.2) is 4.67 Å². The first-order chi connectivity index (χ1) is 8.22. The molecule has 0 spiro atoms. The summed E-state index contributed by atoms with van der Waals surface area (Å²) in [5.41, 5.74) is 1.71. The lowest BCUT2D eigenvalue weighted by atomic mass is 10.0. The van der Waals surface area contributed by atoms with Crippen LogP contribution in [0.5, 0.6) is 5.75 Å². The van der Waals surface area contributed by atoms with E-state index in [4.69, 9.17) is 9.15 Å². The molecule has 2 aromatic rings. The standard InChI is InChI=1S/C13H13BrO3/c1-16-12-5-3-2-4-9(12)8-11(15)10-6-7-17-13(10)14/h2-7,11,15H,8H2,1H3. The maximum absolute atomic E-state index is 10.1. The molecule has 0 amide bonds. The van der Waals surface area contributed by atoms with Crippen LogP contribution in [0.3, 0.4) is 0 Å². The molecule has 17 heavy (non-hydrogen) atoms. The van der Waals surface area contributed by atoms with E-state index in [9.17, 15) is 5.11 Å². The second-order valence-corrected chi connectivity index (χ2v) is 4.40. The Hall–Kier alpha value is -1.26. The van der Waals surface area contributed by atoms with Crippen molar-refractivity contribution >= 4 is 15.9 Å². The molecule has 4 heteroatoms. The van der Waals surface area contributed by atoms with Gasteiger partial charge in [-0.05, 0) is 33.6 Å². The fraction of sp³-hybridized carbons (Fsp3) is 0.231. The third-order valence-electron chi connectivity index (χ3n) is 2.61. The SMILES string of the molecule is COc1ccccc1CC(O)c1ccoc1Br. The molecule has 1 N–H and O–H groups in total. The molecular weight excluding hydrogens is 284 g/mol. The smallest absolute Gasteiger partial charge is 0.174 e. The lowest BCUT2D eigenvalue weighted by Gasteiger charge is -2.12. The third-order valence-corrected chi connectivity index (χ3v) is 3.26. The predicted molar refractivity (Wildman–Crippen MR) is 68.1 cm³/mol. The first kappa shape index (κ1) is 12.2. The Kier molecular flexibility index (Phi) is 3.86. The van der Waals surface area contributed by atoms with Crippen LogP contribution in [-0.2, 0) is 6.42 Å². The van der Waals surface area contributed by atoms with Crippen molar-refractivity contribution in [2.45, 2.75) is 12.5 Å². The molecule has 0 bridgehead atoms. The maximum Gasteiger partial charge on any atom is 0.174 e. The van der Waals surface area contributed by atoms with Crippen LogP contribution >= 0.6 is 15.9 Å². The molecule has 1 aromatic heterocycles. The fourth-order valence-corrected chi connectivity index (χ4v) is 2.24. The zero-order chi connectivity index (χ0) is 12.3. The van der Waals surface area contributed by atoms with Crippen molar-refractivity contribution in [3.8, 4) is 5.75 Å². The minimum atomic E-state index is -0.612. The van der Waals surface area contributed by atoms with E-state index in [1.165, 1.54) is 0 Å². The number of halogens is 1. The molecule has 1 heterocycles. The highest BCUT2D eigenvalue weighted by Crippen LogP contribution is 2.29. The summed E-state index contributed by atoms with van der Waals surface area (Å²) in [5.74, 6) is 0.783. The zero-order valence-corrected chi connectivity index (χ0v) is 11.0. The maximum atomic E-state index is 10.1. The Labute approximate surface area is 108 Å². The lowest BCUT2D eigenvalue weighted by molar-refractivity contribution is 0.175. The summed E-state index contributed by atoms with van der Waals surface area (Å²) >= 11 is 3.26. The third kappa shape index (κ3) is 2.70. The summed E-state index contributed by atoms with van der Waals surface area (Å²) in [4.78, 5) is 0. The highest BCUT2D eigenvalue weighted by Gasteiger charge is 2.16. The van der Waals surface area contributed by atoms with Crippen LogP contribution in [0.25, 0.3) is 0 Å². The molecule has 0 saturated heterocycles. The Balaban J connectivity index is 2.18. The van der Waals surface area contributed by atoms with Crippen LogP contribution in [0.1, 0.15) is 17.2 Å². The zero-order valence-electron chi connectivity index (χ0n) is 9.39. The normalized spacial score (nSPS) is 12.4. The largest absolute Gasteiger partial charge is 0.496 e. The van der Waals surface area contributed by atoms with Crippen molar-refractivity contribution in [1.82, 2.24) is 0 Å². The van der Waals surface area contributed by atoms with Crippen molar-refractivity contribution in [3.63, 3.8) is 0 Å². The van der Waals surface area contributed by atoms with Gasteiger partial charge in [-0.15, -0.1) is 0 Å².